The van der Waals surface area contributed by atoms with Crippen LogP contribution in [0.1, 0.15) is 46.3 Å². The number of ether oxygens (including phenoxy) is 1. The maximum Gasteiger partial charge on any atom is 0.320 e. The fourth-order valence-corrected chi connectivity index (χ4v) is 4.57. The van der Waals surface area contributed by atoms with Gasteiger partial charge in [-0.2, -0.15) is 0 Å². The molecule has 0 saturated carbocycles. The largest absolute Gasteiger partial charge is 0.480 e. The number of carbonyl (C=O) groups is 2. The van der Waals surface area contributed by atoms with Crippen molar-refractivity contribution in [1.82, 2.24) is 5.32 Å². The number of hydrogen-bond donors (Lipinski definition) is 4. The van der Waals surface area contributed by atoms with Gasteiger partial charge in [-0.1, -0.05) is 30.3 Å². The molecule has 0 bridgehead atoms. The quantitative estimate of drug-likeness (QED) is 0.242. The lowest BCUT2D eigenvalue weighted by Crippen LogP contribution is -2.37. The minimum atomic E-state index is -1.07. The van der Waals surface area contributed by atoms with Crippen LogP contribution in [0.4, 0.5) is 5.69 Å². The Morgan fingerprint density at radius 2 is 1.77 bits per heavy atom. The molecule has 1 atom stereocenters. The van der Waals surface area contributed by atoms with Crippen molar-refractivity contribution in [2.75, 3.05) is 18.0 Å². The minimum absolute atomic E-state index is 0.00747. The number of carboxylic acids is 1. The van der Waals surface area contributed by atoms with Crippen LogP contribution in [0.5, 0.6) is 11.5 Å². The lowest BCUT2D eigenvalue weighted by Gasteiger charge is -2.31. The number of carbonyl (C=O) groups excluding carboxylic acids is 1. The molecule has 1 amide bonds. The van der Waals surface area contributed by atoms with Crippen molar-refractivity contribution in [3.63, 3.8) is 0 Å². The monoisotopic (exact) mass is 529 g/mol. The van der Waals surface area contributed by atoms with Crippen molar-refractivity contribution < 1.29 is 19.4 Å². The first-order chi connectivity index (χ1) is 18.8. The van der Waals surface area contributed by atoms with Crippen molar-refractivity contribution in [2.45, 2.75) is 45.2 Å². The highest BCUT2D eigenvalue weighted by Gasteiger charge is 2.19. The van der Waals surface area contributed by atoms with Gasteiger partial charge in [0.1, 0.15) is 17.5 Å². The molecule has 9 nitrogen and oxygen atoms in total. The number of aryl methyl sites for hydroxylation is 1. The zero-order valence-electron chi connectivity index (χ0n) is 22.1. The third-order valence-electron chi connectivity index (χ3n) is 6.66. The third-order valence-corrected chi connectivity index (χ3v) is 6.66. The molecular weight excluding hydrogens is 494 g/mol. The van der Waals surface area contributed by atoms with E-state index in [2.05, 4.69) is 21.3 Å². The molecule has 1 heterocycles. The molecule has 1 aliphatic rings. The number of anilines is 1. The summed E-state index contributed by atoms with van der Waals surface area (Å²) in [4.78, 5) is 30.5. The summed E-state index contributed by atoms with van der Waals surface area (Å²) in [6.45, 7) is 4.17. The van der Waals surface area contributed by atoms with Gasteiger partial charge >= 0.3 is 5.97 Å². The Kier molecular flexibility index (Phi) is 9.17. The van der Waals surface area contributed by atoms with Crippen LogP contribution in [-0.2, 0) is 17.8 Å². The van der Waals surface area contributed by atoms with Crippen LogP contribution in [0, 0.1) is 6.92 Å². The van der Waals surface area contributed by atoms with Gasteiger partial charge in [0.2, 0.25) is 0 Å². The number of nitrogens with one attached hydrogen (secondary N) is 1. The van der Waals surface area contributed by atoms with Gasteiger partial charge in [-0.3, -0.25) is 14.9 Å². The van der Waals surface area contributed by atoms with Crippen molar-refractivity contribution in [2.24, 2.45) is 16.5 Å². The summed E-state index contributed by atoms with van der Waals surface area (Å²) in [6.07, 6.45) is 3.65. The van der Waals surface area contributed by atoms with Crippen LogP contribution in [0.25, 0.3) is 0 Å². The molecule has 39 heavy (non-hydrogen) atoms. The van der Waals surface area contributed by atoms with Crippen LogP contribution in [-0.4, -0.2) is 42.1 Å². The molecule has 9 heteroatoms. The Morgan fingerprint density at radius 1 is 1.05 bits per heavy atom. The Hall–Kier alpha value is -4.37. The minimum Gasteiger partial charge on any atom is -0.480 e. The SMILES string of the molecule is Cc1cccc(Oc2cccc(N3CCCCC3)c2CN=C(N)NC(=O)c2ccc(CC(N)C(=O)O)cc2)c1. The molecule has 1 unspecified atom stereocenters. The summed E-state index contributed by atoms with van der Waals surface area (Å²) in [5.41, 5.74) is 15.9. The van der Waals surface area contributed by atoms with Crippen molar-refractivity contribution >= 4 is 23.5 Å². The summed E-state index contributed by atoms with van der Waals surface area (Å²) >= 11 is 0. The highest BCUT2D eigenvalue weighted by atomic mass is 16.5. The van der Waals surface area contributed by atoms with Gasteiger partial charge in [0.25, 0.3) is 5.91 Å². The van der Waals surface area contributed by atoms with Gasteiger partial charge < -0.3 is 26.2 Å². The molecule has 0 spiro atoms. The number of amides is 1. The van der Waals surface area contributed by atoms with Gasteiger partial charge in [0.15, 0.2) is 5.96 Å². The zero-order valence-corrected chi connectivity index (χ0v) is 22.1. The zero-order chi connectivity index (χ0) is 27.8. The van der Waals surface area contributed by atoms with Crippen LogP contribution in [0.3, 0.4) is 0 Å². The van der Waals surface area contributed by atoms with E-state index in [0.717, 1.165) is 54.1 Å². The maximum absolute atomic E-state index is 12.7. The van der Waals surface area contributed by atoms with Gasteiger partial charge in [-0.25, -0.2) is 4.99 Å². The average Bonchev–Trinajstić information content (AvgIpc) is 2.93. The number of hydrogen-bond acceptors (Lipinski definition) is 6. The topological polar surface area (TPSA) is 143 Å². The number of nitrogens with two attached hydrogens (primary N) is 2. The van der Waals surface area contributed by atoms with Crippen molar-refractivity contribution in [3.8, 4) is 11.5 Å². The molecule has 4 rings (SSSR count). The van der Waals surface area contributed by atoms with E-state index in [9.17, 15) is 9.59 Å². The average molecular weight is 530 g/mol. The number of guanidine groups is 1. The Balaban J connectivity index is 1.50. The summed E-state index contributed by atoms with van der Waals surface area (Å²) in [7, 11) is 0. The predicted octanol–water partition coefficient (Wildman–Crippen LogP) is 3.98. The summed E-state index contributed by atoms with van der Waals surface area (Å²) in [6, 6.07) is 19.4. The Morgan fingerprint density at radius 3 is 2.46 bits per heavy atom. The molecule has 0 aromatic heterocycles. The second-order valence-electron chi connectivity index (χ2n) is 9.72. The number of aliphatic carboxylic acids is 1. The van der Waals surface area contributed by atoms with Gasteiger partial charge in [0.05, 0.1) is 6.54 Å². The predicted molar refractivity (Wildman–Crippen MR) is 152 cm³/mol. The maximum atomic E-state index is 12.7. The van der Waals surface area contributed by atoms with E-state index >= 15 is 0 Å². The number of carboxylic acid groups (broad SMARTS) is 1. The fraction of sp³-hybridized carbons (Fsp3) is 0.300. The number of aliphatic imine (C=N–C) groups is 1. The smallest absolute Gasteiger partial charge is 0.320 e. The molecule has 3 aromatic rings. The number of benzene rings is 3. The van der Waals surface area contributed by atoms with Crippen LogP contribution < -0.4 is 26.4 Å². The summed E-state index contributed by atoms with van der Waals surface area (Å²) in [5.74, 6) is -0.0559. The highest BCUT2D eigenvalue weighted by Crippen LogP contribution is 2.35. The highest BCUT2D eigenvalue weighted by molar-refractivity contribution is 6.05. The molecule has 1 saturated heterocycles. The molecule has 0 radical (unpaired) electrons. The first-order valence-electron chi connectivity index (χ1n) is 13.1. The van der Waals surface area contributed by atoms with E-state index in [1.165, 1.54) is 6.42 Å². The fourth-order valence-electron chi connectivity index (χ4n) is 4.57. The van der Waals surface area contributed by atoms with E-state index in [0.29, 0.717) is 11.3 Å². The third kappa shape index (κ3) is 7.58. The molecule has 0 aliphatic carbocycles. The van der Waals surface area contributed by atoms with E-state index in [1.807, 2.05) is 43.3 Å². The molecule has 1 aliphatic heterocycles. The van der Waals surface area contributed by atoms with E-state index < -0.39 is 17.9 Å². The second-order valence-corrected chi connectivity index (χ2v) is 9.72. The molecular formula is C30H35N5O4. The first-order valence-corrected chi connectivity index (χ1v) is 13.1. The van der Waals surface area contributed by atoms with E-state index in [4.69, 9.17) is 21.3 Å². The standard InChI is InChI=1S/C30H35N5O4/c1-20-7-5-8-23(17-20)39-27-10-6-9-26(35-15-3-2-4-16-35)24(27)19-33-30(32)34-28(36)22-13-11-21(12-14-22)18-25(31)29(37)38/h5-14,17,25H,2-4,15-16,18-19,31H2,1H3,(H,37,38)(H3,32,33,34,36). The lowest BCUT2D eigenvalue weighted by molar-refractivity contribution is -0.138. The normalized spacial score (nSPS) is 14.5. The summed E-state index contributed by atoms with van der Waals surface area (Å²) in [5, 5.41) is 11.6. The number of rotatable bonds is 9. The van der Waals surface area contributed by atoms with Gasteiger partial charge in [-0.15, -0.1) is 0 Å². The van der Waals surface area contributed by atoms with Crippen molar-refractivity contribution in [3.05, 3.63) is 89.0 Å². The Bertz CT molecular complexity index is 1330. The van der Waals surface area contributed by atoms with Gasteiger partial charge in [-0.05, 0) is 80.1 Å². The first kappa shape index (κ1) is 27.7. The molecule has 6 N–H and O–H groups in total. The van der Waals surface area contributed by atoms with Crippen LogP contribution in [0.15, 0.2) is 71.7 Å². The molecule has 204 valence electrons. The Labute approximate surface area is 228 Å². The van der Waals surface area contributed by atoms with Gasteiger partial charge in [0, 0.05) is 29.9 Å². The second kappa shape index (κ2) is 12.9. The van der Waals surface area contributed by atoms with E-state index in [1.54, 1.807) is 24.3 Å². The van der Waals surface area contributed by atoms with E-state index in [-0.39, 0.29) is 18.9 Å². The summed E-state index contributed by atoms with van der Waals surface area (Å²) < 4.78 is 6.29. The number of piperidine rings is 1. The van der Waals surface area contributed by atoms with Crippen LogP contribution in [0.2, 0.25) is 0 Å². The molecule has 1 fully saturated rings. The lowest BCUT2D eigenvalue weighted by atomic mass is 10.0. The van der Waals surface area contributed by atoms with Crippen molar-refractivity contribution in [1.29, 1.82) is 0 Å². The molecule has 3 aromatic carbocycles. The van der Waals surface area contributed by atoms with Crippen LogP contribution >= 0.6 is 0 Å². The number of nitrogens with zero attached hydrogens (tertiary/aromatic N) is 2.